The molecule has 0 atom stereocenters. The van der Waals surface area contributed by atoms with Gasteiger partial charge in [-0.1, -0.05) is 0 Å². The van der Waals surface area contributed by atoms with E-state index in [4.69, 9.17) is 0 Å². The highest BCUT2D eigenvalue weighted by atomic mass is 32.2. The summed E-state index contributed by atoms with van der Waals surface area (Å²) in [5.41, 5.74) is 0.948. The van der Waals surface area contributed by atoms with E-state index in [-0.39, 0.29) is 10.5 Å². The number of sulfone groups is 1. The van der Waals surface area contributed by atoms with E-state index in [1.54, 1.807) is 11.0 Å². The Hall–Kier alpha value is -1.36. The predicted octanol–water partition coefficient (Wildman–Crippen LogP) is 0.969. The fourth-order valence-electron chi connectivity index (χ4n) is 1.22. The first-order chi connectivity index (χ1) is 6.86. The van der Waals surface area contributed by atoms with E-state index in [1.807, 2.05) is 14.1 Å². The van der Waals surface area contributed by atoms with Crippen LogP contribution in [0.25, 0.3) is 0 Å². The summed E-state index contributed by atoms with van der Waals surface area (Å²) in [4.78, 5) is 12.5. The Morgan fingerprint density at radius 1 is 1.27 bits per heavy atom. The Bertz CT molecular complexity index is 477. The van der Waals surface area contributed by atoms with Crippen molar-refractivity contribution in [2.24, 2.45) is 0 Å². The Balaban J connectivity index is 3.46. The monoisotopic (exact) mass is 227 g/mol. The third kappa shape index (κ3) is 2.56. The highest BCUT2D eigenvalue weighted by Gasteiger charge is 2.14. The minimum absolute atomic E-state index is 0.0729. The lowest BCUT2D eigenvalue weighted by molar-refractivity contribution is 0.112. The fourth-order valence-corrected chi connectivity index (χ4v) is 2.10. The van der Waals surface area contributed by atoms with Gasteiger partial charge in [-0.2, -0.15) is 0 Å². The Labute approximate surface area is 89.4 Å². The molecule has 0 aromatic heterocycles. The number of aldehydes is 1. The number of nitrogens with zero attached hydrogens (tertiary/aromatic N) is 1. The van der Waals surface area contributed by atoms with Gasteiger partial charge >= 0.3 is 0 Å². The van der Waals surface area contributed by atoms with E-state index >= 15 is 0 Å². The Morgan fingerprint density at radius 3 is 2.27 bits per heavy atom. The zero-order valence-corrected chi connectivity index (χ0v) is 9.71. The van der Waals surface area contributed by atoms with Gasteiger partial charge in [-0.05, 0) is 18.2 Å². The van der Waals surface area contributed by atoms with Crippen molar-refractivity contribution in [2.45, 2.75) is 4.90 Å². The van der Waals surface area contributed by atoms with Crippen molar-refractivity contribution < 1.29 is 13.2 Å². The standard InChI is InChI=1S/C10H13NO3S/c1-11(2)9-5-4-8(7-12)10(6-9)15(3,13)14/h4-7H,1-3H3. The molecule has 0 aliphatic heterocycles. The lowest BCUT2D eigenvalue weighted by Gasteiger charge is -2.14. The summed E-state index contributed by atoms with van der Waals surface area (Å²) >= 11 is 0. The van der Waals surface area contributed by atoms with E-state index in [9.17, 15) is 13.2 Å². The molecular formula is C10H13NO3S. The summed E-state index contributed by atoms with van der Waals surface area (Å²) < 4.78 is 22.8. The molecule has 0 saturated carbocycles. The SMILES string of the molecule is CN(C)c1ccc(C=O)c(S(C)(=O)=O)c1. The first kappa shape index (κ1) is 11.7. The molecule has 0 aliphatic carbocycles. The van der Waals surface area contributed by atoms with E-state index in [2.05, 4.69) is 0 Å². The molecule has 0 radical (unpaired) electrons. The Morgan fingerprint density at radius 2 is 1.87 bits per heavy atom. The molecule has 0 amide bonds. The van der Waals surface area contributed by atoms with E-state index in [1.165, 1.54) is 12.1 Å². The molecule has 0 bridgehead atoms. The van der Waals surface area contributed by atoms with Crippen LogP contribution in [0.5, 0.6) is 0 Å². The zero-order chi connectivity index (χ0) is 11.6. The molecular weight excluding hydrogens is 214 g/mol. The second kappa shape index (κ2) is 4.02. The molecule has 0 aliphatic rings. The van der Waals surface area contributed by atoms with E-state index < -0.39 is 9.84 Å². The molecule has 0 fully saturated rings. The minimum Gasteiger partial charge on any atom is -0.378 e. The van der Waals surface area contributed by atoms with Crippen molar-refractivity contribution in [1.29, 1.82) is 0 Å². The second-order valence-corrected chi connectivity index (χ2v) is 5.49. The average Bonchev–Trinajstić information content (AvgIpc) is 2.15. The van der Waals surface area contributed by atoms with Gasteiger partial charge in [-0.3, -0.25) is 4.79 Å². The maximum atomic E-state index is 11.4. The average molecular weight is 227 g/mol. The highest BCUT2D eigenvalue weighted by molar-refractivity contribution is 7.90. The third-order valence-corrected chi connectivity index (χ3v) is 3.19. The van der Waals surface area contributed by atoms with Crippen molar-refractivity contribution >= 4 is 21.8 Å². The summed E-state index contributed by atoms with van der Waals surface area (Å²) in [5, 5.41) is 0. The number of carbonyl (C=O) groups excluding carboxylic acids is 1. The molecule has 1 aromatic rings. The molecule has 5 heteroatoms. The quantitative estimate of drug-likeness (QED) is 0.722. The topological polar surface area (TPSA) is 54.5 Å². The third-order valence-electron chi connectivity index (χ3n) is 2.04. The van der Waals surface area contributed by atoms with Gasteiger partial charge in [0, 0.05) is 31.6 Å². The van der Waals surface area contributed by atoms with Crippen molar-refractivity contribution in [3.8, 4) is 0 Å². The maximum Gasteiger partial charge on any atom is 0.176 e. The van der Waals surface area contributed by atoms with Gasteiger partial charge in [0.15, 0.2) is 16.1 Å². The summed E-state index contributed by atoms with van der Waals surface area (Å²) in [6.45, 7) is 0. The van der Waals surface area contributed by atoms with E-state index in [0.29, 0.717) is 6.29 Å². The van der Waals surface area contributed by atoms with Crippen LogP contribution in [-0.2, 0) is 9.84 Å². The molecule has 1 aromatic carbocycles. The lowest BCUT2D eigenvalue weighted by atomic mass is 10.2. The first-order valence-corrected chi connectivity index (χ1v) is 6.22. The van der Waals surface area contributed by atoms with Gasteiger partial charge < -0.3 is 4.90 Å². The van der Waals surface area contributed by atoms with Crippen LogP contribution in [0, 0.1) is 0 Å². The van der Waals surface area contributed by atoms with Crippen molar-refractivity contribution in [1.82, 2.24) is 0 Å². The molecule has 0 saturated heterocycles. The first-order valence-electron chi connectivity index (χ1n) is 4.33. The van der Waals surface area contributed by atoms with Gasteiger partial charge in [-0.15, -0.1) is 0 Å². The number of anilines is 1. The van der Waals surface area contributed by atoms with Crippen LogP contribution >= 0.6 is 0 Å². The number of rotatable bonds is 3. The fraction of sp³-hybridized carbons (Fsp3) is 0.300. The zero-order valence-electron chi connectivity index (χ0n) is 8.89. The largest absolute Gasteiger partial charge is 0.378 e. The molecule has 0 N–H and O–H groups in total. The Kier molecular flexibility index (Phi) is 3.14. The molecule has 0 unspecified atom stereocenters. The predicted molar refractivity (Wildman–Crippen MR) is 59.3 cm³/mol. The molecule has 4 nitrogen and oxygen atoms in total. The van der Waals surface area contributed by atoms with E-state index in [0.717, 1.165) is 11.9 Å². The van der Waals surface area contributed by atoms with Crippen LogP contribution in [0.3, 0.4) is 0 Å². The summed E-state index contributed by atoms with van der Waals surface area (Å²) in [5.74, 6) is 0. The normalized spacial score (nSPS) is 11.1. The van der Waals surface area contributed by atoms with Crippen LogP contribution in [0.4, 0.5) is 5.69 Å². The molecule has 82 valence electrons. The van der Waals surface area contributed by atoms with Crippen molar-refractivity contribution in [2.75, 3.05) is 25.3 Å². The van der Waals surface area contributed by atoms with Crippen molar-refractivity contribution in [3.63, 3.8) is 0 Å². The molecule has 1 rings (SSSR count). The van der Waals surface area contributed by atoms with Gasteiger partial charge in [-0.25, -0.2) is 8.42 Å². The van der Waals surface area contributed by atoms with Gasteiger partial charge in [0.25, 0.3) is 0 Å². The second-order valence-electron chi connectivity index (χ2n) is 3.51. The number of benzene rings is 1. The van der Waals surface area contributed by atoms with Crippen LogP contribution in [0.2, 0.25) is 0 Å². The van der Waals surface area contributed by atoms with Gasteiger partial charge in [0.05, 0.1) is 4.90 Å². The maximum absolute atomic E-state index is 11.4. The van der Waals surface area contributed by atoms with Crippen LogP contribution in [-0.4, -0.2) is 35.1 Å². The van der Waals surface area contributed by atoms with Crippen LogP contribution < -0.4 is 4.90 Å². The molecule has 15 heavy (non-hydrogen) atoms. The minimum atomic E-state index is -3.36. The summed E-state index contributed by atoms with van der Waals surface area (Å²) in [7, 11) is 0.256. The smallest absolute Gasteiger partial charge is 0.176 e. The highest BCUT2D eigenvalue weighted by Crippen LogP contribution is 2.21. The summed E-state index contributed by atoms with van der Waals surface area (Å²) in [6, 6.07) is 4.72. The number of hydrogen-bond donors (Lipinski definition) is 0. The summed E-state index contributed by atoms with van der Waals surface area (Å²) in [6.07, 6.45) is 1.64. The molecule has 0 heterocycles. The number of carbonyl (C=O) groups is 1. The van der Waals surface area contributed by atoms with Crippen LogP contribution in [0.1, 0.15) is 10.4 Å². The molecule has 0 spiro atoms. The lowest BCUT2D eigenvalue weighted by Crippen LogP contribution is -2.10. The van der Waals surface area contributed by atoms with Crippen LogP contribution in [0.15, 0.2) is 23.1 Å². The van der Waals surface area contributed by atoms with Gasteiger partial charge in [0.1, 0.15) is 0 Å². The van der Waals surface area contributed by atoms with Crippen molar-refractivity contribution in [3.05, 3.63) is 23.8 Å². The van der Waals surface area contributed by atoms with Gasteiger partial charge in [0.2, 0.25) is 0 Å². The number of hydrogen-bond acceptors (Lipinski definition) is 4.